The fourth-order valence-electron chi connectivity index (χ4n) is 5.26. The van der Waals surface area contributed by atoms with Crippen molar-refractivity contribution in [3.63, 3.8) is 0 Å². The summed E-state index contributed by atoms with van der Waals surface area (Å²) in [5.74, 6) is -3.57. The molecule has 1 aromatic carbocycles. The normalized spacial score (nSPS) is 33.7. The summed E-state index contributed by atoms with van der Waals surface area (Å²) in [5.41, 5.74) is -4.77. The van der Waals surface area contributed by atoms with Crippen molar-refractivity contribution in [1.29, 1.82) is 5.26 Å². The van der Waals surface area contributed by atoms with E-state index in [1.54, 1.807) is 6.92 Å². The lowest BCUT2D eigenvalue weighted by atomic mass is 9.67. The molecule has 4 rings (SSSR count). The Balaban J connectivity index is 1.75. The molecule has 3 aliphatic rings. The second-order valence-electron chi connectivity index (χ2n) is 9.07. The fourth-order valence-corrected chi connectivity index (χ4v) is 6.14. The number of carbonyl (C=O) groups is 2. The highest BCUT2D eigenvalue weighted by Crippen LogP contribution is 2.61. The first-order valence-corrected chi connectivity index (χ1v) is 11.4. The molecule has 33 heavy (non-hydrogen) atoms. The van der Waals surface area contributed by atoms with E-state index in [0.717, 1.165) is 16.4 Å². The average Bonchev–Trinajstić information content (AvgIpc) is 3.21. The molecule has 178 valence electrons. The Hall–Kier alpha value is -2.53. The molecule has 2 bridgehead atoms. The molecule has 13 heteroatoms. The lowest BCUT2D eigenvalue weighted by molar-refractivity contribution is -0.138. The van der Waals surface area contributed by atoms with Gasteiger partial charge in [-0.25, -0.2) is 4.90 Å². The van der Waals surface area contributed by atoms with Gasteiger partial charge in [0.05, 0.1) is 52.0 Å². The third-order valence-electron chi connectivity index (χ3n) is 6.80. The van der Waals surface area contributed by atoms with Crippen LogP contribution in [-0.4, -0.2) is 55.9 Å². The Morgan fingerprint density at radius 3 is 2.36 bits per heavy atom. The number of amides is 2. The fraction of sp³-hybridized carbons (Fsp3) is 0.550. The largest absolute Gasteiger partial charge is 0.417 e. The van der Waals surface area contributed by atoms with Gasteiger partial charge in [0, 0.05) is 14.1 Å². The van der Waals surface area contributed by atoms with E-state index in [9.17, 15) is 31.2 Å². The SMILES string of the molecule is CN(C)S(=O)(=O)N[C@@H]1C[C@@]2(C)O[C@]1(C)[C@@H]1C(=O)N(c3ccc(C#N)c(C(F)(F)F)c3)C(=O)[C@@H]12. The number of anilines is 1. The first-order chi connectivity index (χ1) is 15.1. The summed E-state index contributed by atoms with van der Waals surface area (Å²) in [6.07, 6.45) is -4.76. The average molecular weight is 486 g/mol. The molecule has 0 unspecified atom stereocenters. The topological polar surface area (TPSA) is 120 Å². The summed E-state index contributed by atoms with van der Waals surface area (Å²) < 4.78 is 74.6. The quantitative estimate of drug-likeness (QED) is 0.643. The molecule has 9 nitrogen and oxygen atoms in total. The van der Waals surface area contributed by atoms with Gasteiger partial charge in [0.1, 0.15) is 0 Å². The Morgan fingerprint density at radius 1 is 1.21 bits per heavy atom. The number of nitrogens with one attached hydrogen (secondary N) is 1. The van der Waals surface area contributed by atoms with Crippen LogP contribution < -0.4 is 9.62 Å². The van der Waals surface area contributed by atoms with Gasteiger partial charge < -0.3 is 4.74 Å². The predicted molar refractivity (Wildman–Crippen MR) is 108 cm³/mol. The summed E-state index contributed by atoms with van der Waals surface area (Å²) >= 11 is 0. The standard InChI is InChI=1S/C20H21F3N4O5S/c1-18-8-13(25-33(30,31)26(3)4)19(2,32-18)15-14(18)16(28)27(17(15)29)11-6-5-10(9-24)12(7-11)20(21,22)23/h5-7,13-15,25H,8H2,1-4H3/t13-,14-,15+,18-,19+/m1/s1. The number of halogens is 3. The van der Waals surface area contributed by atoms with Crippen molar-refractivity contribution in [2.45, 2.75) is 43.7 Å². The molecule has 0 aromatic heterocycles. The van der Waals surface area contributed by atoms with Crippen LogP contribution in [-0.2, 0) is 30.7 Å². The highest BCUT2D eigenvalue weighted by Gasteiger charge is 2.76. The molecule has 1 N–H and O–H groups in total. The predicted octanol–water partition coefficient (Wildman–Crippen LogP) is 1.40. The Kier molecular flexibility index (Phi) is 5.00. The van der Waals surface area contributed by atoms with Gasteiger partial charge in [0.2, 0.25) is 11.8 Å². The molecular weight excluding hydrogens is 465 g/mol. The van der Waals surface area contributed by atoms with Crippen LogP contribution in [0.3, 0.4) is 0 Å². The summed E-state index contributed by atoms with van der Waals surface area (Å²) in [6, 6.07) is 3.26. The lowest BCUT2D eigenvalue weighted by Crippen LogP contribution is -2.57. The van der Waals surface area contributed by atoms with Crippen LogP contribution in [0.15, 0.2) is 18.2 Å². The molecule has 3 heterocycles. The summed E-state index contributed by atoms with van der Waals surface area (Å²) in [7, 11) is -1.22. The number of imide groups is 1. The van der Waals surface area contributed by atoms with Crippen LogP contribution >= 0.6 is 0 Å². The number of hydrogen-bond acceptors (Lipinski definition) is 6. The summed E-state index contributed by atoms with van der Waals surface area (Å²) in [5, 5.41) is 9.01. The molecule has 0 aliphatic carbocycles. The number of rotatable bonds is 4. The molecule has 2 amide bonds. The minimum absolute atomic E-state index is 0.103. The Morgan fingerprint density at radius 2 is 1.82 bits per heavy atom. The molecule has 0 radical (unpaired) electrons. The van der Waals surface area contributed by atoms with Crippen LogP contribution in [0.4, 0.5) is 18.9 Å². The number of hydrogen-bond donors (Lipinski definition) is 1. The monoisotopic (exact) mass is 486 g/mol. The van der Waals surface area contributed by atoms with Gasteiger partial charge in [-0.3, -0.25) is 9.59 Å². The van der Waals surface area contributed by atoms with Crippen LogP contribution in [0.1, 0.15) is 31.4 Å². The zero-order valence-electron chi connectivity index (χ0n) is 18.1. The van der Waals surface area contributed by atoms with Crippen molar-refractivity contribution < 1.29 is 35.9 Å². The first kappa shape index (κ1) is 23.6. The minimum atomic E-state index is -4.86. The molecule has 0 saturated carbocycles. The zero-order valence-corrected chi connectivity index (χ0v) is 18.9. The third kappa shape index (κ3) is 3.27. The molecule has 1 aromatic rings. The minimum Gasteiger partial charge on any atom is -0.366 e. The number of fused-ring (bicyclic) bond motifs is 5. The Bertz CT molecular complexity index is 1210. The second kappa shape index (κ2) is 6.99. The number of nitrogens with zero attached hydrogens (tertiary/aromatic N) is 3. The van der Waals surface area contributed by atoms with Gasteiger partial charge >= 0.3 is 6.18 Å². The number of nitriles is 1. The summed E-state index contributed by atoms with van der Waals surface area (Å²) in [6.45, 7) is 3.12. The van der Waals surface area contributed by atoms with Gasteiger partial charge in [-0.05, 0) is 38.5 Å². The van der Waals surface area contributed by atoms with E-state index < -0.39 is 68.4 Å². The lowest BCUT2D eigenvalue weighted by Gasteiger charge is -2.36. The number of carbonyl (C=O) groups excluding carboxylic acids is 2. The van der Waals surface area contributed by atoms with E-state index in [-0.39, 0.29) is 12.1 Å². The van der Waals surface area contributed by atoms with Gasteiger partial charge in [-0.1, -0.05) is 0 Å². The molecule has 5 atom stereocenters. The molecule has 3 aliphatic heterocycles. The van der Waals surface area contributed by atoms with Crippen molar-refractivity contribution >= 4 is 27.7 Å². The second-order valence-corrected chi connectivity index (χ2v) is 11.0. The van der Waals surface area contributed by atoms with E-state index in [0.29, 0.717) is 11.0 Å². The third-order valence-corrected chi connectivity index (χ3v) is 8.34. The maximum absolute atomic E-state index is 13.4. The van der Waals surface area contributed by atoms with Crippen molar-refractivity contribution in [3.8, 4) is 6.07 Å². The van der Waals surface area contributed by atoms with Crippen molar-refractivity contribution in [1.82, 2.24) is 9.03 Å². The maximum Gasteiger partial charge on any atom is 0.417 e. The van der Waals surface area contributed by atoms with E-state index in [2.05, 4.69) is 4.72 Å². The van der Waals surface area contributed by atoms with E-state index in [1.807, 2.05) is 0 Å². The number of benzene rings is 1. The van der Waals surface area contributed by atoms with E-state index in [4.69, 9.17) is 10.00 Å². The molecule has 0 spiro atoms. The van der Waals surface area contributed by atoms with E-state index >= 15 is 0 Å². The van der Waals surface area contributed by atoms with E-state index in [1.165, 1.54) is 27.1 Å². The number of ether oxygens (including phenoxy) is 1. The zero-order chi connectivity index (χ0) is 24.7. The van der Waals surface area contributed by atoms with Crippen LogP contribution in [0.5, 0.6) is 0 Å². The molecule has 3 fully saturated rings. The van der Waals surface area contributed by atoms with Crippen molar-refractivity contribution in [3.05, 3.63) is 29.3 Å². The van der Waals surface area contributed by atoms with Gasteiger partial charge in [-0.2, -0.15) is 35.9 Å². The highest BCUT2D eigenvalue weighted by atomic mass is 32.2. The van der Waals surface area contributed by atoms with Crippen molar-refractivity contribution in [2.24, 2.45) is 11.8 Å². The Labute approximate surface area is 188 Å². The highest BCUT2D eigenvalue weighted by molar-refractivity contribution is 7.87. The first-order valence-electron chi connectivity index (χ1n) is 9.96. The van der Waals surface area contributed by atoms with Gasteiger partial charge in [0.25, 0.3) is 10.2 Å². The van der Waals surface area contributed by atoms with Gasteiger partial charge in [0.15, 0.2) is 0 Å². The molecule has 3 saturated heterocycles. The maximum atomic E-state index is 13.4. The smallest absolute Gasteiger partial charge is 0.366 e. The van der Waals surface area contributed by atoms with Crippen LogP contribution in [0.2, 0.25) is 0 Å². The summed E-state index contributed by atoms with van der Waals surface area (Å²) in [4.78, 5) is 27.4. The van der Waals surface area contributed by atoms with Gasteiger partial charge in [-0.15, -0.1) is 0 Å². The van der Waals surface area contributed by atoms with Crippen LogP contribution in [0, 0.1) is 23.2 Å². The number of alkyl halides is 3. The van der Waals surface area contributed by atoms with Crippen LogP contribution in [0.25, 0.3) is 0 Å². The molecular formula is C20H21F3N4O5S. The van der Waals surface area contributed by atoms with Crippen molar-refractivity contribution in [2.75, 3.05) is 19.0 Å².